The van der Waals surface area contributed by atoms with Gasteiger partial charge in [-0.15, -0.1) is 22.7 Å². The van der Waals surface area contributed by atoms with Gasteiger partial charge in [0.25, 0.3) is 0 Å². The molecule has 0 amide bonds. The number of anilines is 6. The maximum atomic E-state index is 9.45. The number of hydrogen-bond donors (Lipinski definition) is 0. The first-order valence-corrected chi connectivity index (χ1v) is 25.4. The molecule has 0 spiro atoms. The Labute approximate surface area is 434 Å². The number of para-hydroxylation sites is 4. The Bertz CT molecular complexity index is 5300. The quantitative estimate of drug-likeness (QED) is 0.165. The minimum atomic E-state index is -0.455. The molecule has 0 aliphatic heterocycles. The van der Waals surface area contributed by atoms with Gasteiger partial charge in [-0.2, -0.15) is 0 Å². The van der Waals surface area contributed by atoms with Gasteiger partial charge in [-0.05, 0) is 84.8 Å². The number of benzene rings is 11. The third-order valence-corrected chi connectivity index (χ3v) is 17.3. The summed E-state index contributed by atoms with van der Waals surface area (Å²) in [6.07, 6.45) is 0. The second-order valence-corrected chi connectivity index (χ2v) is 20.5. The van der Waals surface area contributed by atoms with E-state index in [0.29, 0.717) is 22.7 Å². The first-order chi connectivity index (χ1) is 39.9. The molecule has 0 atom stereocenters. The maximum absolute atomic E-state index is 9.45. The molecule has 0 saturated carbocycles. The van der Waals surface area contributed by atoms with Crippen molar-refractivity contribution >= 4 is 173 Å². The third kappa shape index (κ3) is 5.04. The highest BCUT2D eigenvalue weighted by molar-refractivity contribution is 7.26. The van der Waals surface area contributed by atoms with Crippen molar-refractivity contribution in [2.45, 2.75) is 0 Å². The molecule has 0 radical (unpaired) electrons. The first kappa shape index (κ1) is 30.6. The molecular weight excluding hydrogens is 913 g/mol. The SMILES string of the molecule is [2H]c1c([2H])c([2H])c(N(c2cccc3c2sc2ccccc23)c2cccc3c2c2cccc4c5cc6c(cc5n3c42)c2cccc3c4c(N(c5c([2H])c([2H])c([2H])c([2H])c5[2H])c5cccc7c5sc5ccccc57)cccc4n6c23)c([2H])c1[2H]. The third-order valence-electron chi connectivity index (χ3n) is 14.9. The zero-order chi connectivity index (χ0) is 55.5. The second-order valence-electron chi connectivity index (χ2n) is 18.4. The second kappa shape index (κ2) is 14.3. The lowest BCUT2D eigenvalue weighted by Gasteiger charge is -2.27. The van der Waals surface area contributed by atoms with Gasteiger partial charge in [-0.1, -0.05) is 145 Å². The van der Waals surface area contributed by atoms with E-state index in [1.54, 1.807) is 22.7 Å². The van der Waals surface area contributed by atoms with Gasteiger partial charge in [0.1, 0.15) is 0 Å². The lowest BCUT2D eigenvalue weighted by atomic mass is 10.0. The summed E-state index contributed by atoms with van der Waals surface area (Å²) in [6.45, 7) is 0. The van der Waals surface area contributed by atoms with Crippen molar-refractivity contribution in [2.24, 2.45) is 0 Å². The highest BCUT2D eigenvalue weighted by Gasteiger charge is 2.28. The summed E-state index contributed by atoms with van der Waals surface area (Å²) in [5.41, 5.74) is 8.63. The molecule has 4 nitrogen and oxygen atoms in total. The molecule has 0 N–H and O–H groups in total. The number of nitrogens with zero attached hydrogens (tertiary/aromatic N) is 4. The van der Waals surface area contributed by atoms with Crippen molar-refractivity contribution in [3.05, 3.63) is 230 Å². The summed E-state index contributed by atoms with van der Waals surface area (Å²) in [6, 6.07) is 54.1. The molecule has 0 unspecified atom stereocenters. The summed E-state index contributed by atoms with van der Waals surface area (Å²) >= 11 is 3.23. The smallest absolute Gasteiger partial charge is 0.0645 e. The predicted octanol–water partition coefficient (Wildman–Crippen LogP) is 19.7. The van der Waals surface area contributed by atoms with Crippen LogP contribution in [0.15, 0.2) is 230 Å². The highest BCUT2D eigenvalue weighted by atomic mass is 32.1. The van der Waals surface area contributed by atoms with Crippen LogP contribution in [0.5, 0.6) is 0 Å². The summed E-state index contributed by atoms with van der Waals surface area (Å²) in [5, 5.41) is 11.9. The molecular formula is C66H38N4S2. The van der Waals surface area contributed by atoms with Gasteiger partial charge < -0.3 is 18.6 Å². The van der Waals surface area contributed by atoms with Crippen LogP contribution in [0.3, 0.4) is 0 Å². The normalized spacial score (nSPS) is 14.4. The molecule has 0 aliphatic carbocycles. The Morgan fingerprint density at radius 3 is 1.17 bits per heavy atom. The van der Waals surface area contributed by atoms with Gasteiger partial charge in [-0.3, -0.25) is 0 Å². The van der Waals surface area contributed by atoms with Crippen LogP contribution >= 0.6 is 22.7 Å². The van der Waals surface area contributed by atoms with E-state index in [1.807, 2.05) is 82.6 Å². The molecule has 6 aromatic heterocycles. The van der Waals surface area contributed by atoms with Gasteiger partial charge in [0.05, 0.1) is 79.0 Å². The van der Waals surface area contributed by atoms with E-state index >= 15 is 0 Å². The van der Waals surface area contributed by atoms with Gasteiger partial charge in [0, 0.05) is 85.4 Å². The van der Waals surface area contributed by atoms with E-state index in [-0.39, 0.29) is 35.5 Å². The van der Waals surface area contributed by atoms with Crippen molar-refractivity contribution in [1.29, 1.82) is 0 Å². The van der Waals surface area contributed by atoms with Crippen LogP contribution in [0, 0.1) is 0 Å². The van der Waals surface area contributed by atoms with Crippen LogP contribution < -0.4 is 9.80 Å². The van der Waals surface area contributed by atoms with E-state index in [0.717, 1.165) is 117 Å². The van der Waals surface area contributed by atoms with Crippen molar-refractivity contribution in [1.82, 2.24) is 8.80 Å². The molecule has 72 heavy (non-hydrogen) atoms. The Morgan fingerprint density at radius 2 is 0.694 bits per heavy atom. The predicted molar refractivity (Wildman–Crippen MR) is 311 cm³/mol. The van der Waals surface area contributed by atoms with Crippen molar-refractivity contribution in [2.75, 3.05) is 9.80 Å². The van der Waals surface area contributed by atoms with Crippen molar-refractivity contribution in [3.8, 4) is 0 Å². The molecule has 17 rings (SSSR count). The van der Waals surface area contributed by atoms with E-state index in [9.17, 15) is 5.48 Å². The molecule has 0 saturated heterocycles. The topological polar surface area (TPSA) is 15.3 Å². The van der Waals surface area contributed by atoms with Crippen LogP contribution in [0.1, 0.15) is 13.7 Å². The molecule has 11 aromatic carbocycles. The molecule has 0 bridgehead atoms. The fourth-order valence-electron chi connectivity index (χ4n) is 12.1. The summed E-state index contributed by atoms with van der Waals surface area (Å²) in [7, 11) is 0. The van der Waals surface area contributed by atoms with Crippen LogP contribution in [0.4, 0.5) is 34.1 Å². The van der Waals surface area contributed by atoms with Crippen molar-refractivity contribution < 1.29 is 13.7 Å². The lowest BCUT2D eigenvalue weighted by molar-refractivity contribution is 1.31. The maximum Gasteiger partial charge on any atom is 0.0645 e. The Balaban J connectivity index is 0.940. The Kier molecular flexibility index (Phi) is 6.10. The van der Waals surface area contributed by atoms with Crippen LogP contribution in [-0.2, 0) is 0 Å². The largest absolute Gasteiger partial charge is 0.308 e. The number of rotatable bonds is 6. The molecule has 6 heteroatoms. The molecule has 0 aliphatic rings. The van der Waals surface area contributed by atoms with Gasteiger partial charge in [0.15, 0.2) is 0 Å². The van der Waals surface area contributed by atoms with Gasteiger partial charge in [0.2, 0.25) is 0 Å². The summed E-state index contributed by atoms with van der Waals surface area (Å²) in [4.78, 5) is 3.77. The number of thiophene rings is 2. The van der Waals surface area contributed by atoms with E-state index in [4.69, 9.17) is 8.22 Å². The number of aromatic nitrogens is 2. The zero-order valence-corrected chi connectivity index (χ0v) is 39.4. The lowest BCUT2D eigenvalue weighted by Crippen LogP contribution is -2.10. The minimum Gasteiger partial charge on any atom is -0.308 e. The molecule has 0 fully saturated rings. The summed E-state index contributed by atoms with van der Waals surface area (Å²) in [5.74, 6) is 0. The van der Waals surface area contributed by atoms with E-state index < -0.39 is 36.3 Å². The monoisotopic (exact) mass is 960 g/mol. The zero-order valence-electron chi connectivity index (χ0n) is 47.8. The van der Waals surface area contributed by atoms with Crippen molar-refractivity contribution in [3.63, 3.8) is 0 Å². The van der Waals surface area contributed by atoms with Gasteiger partial charge >= 0.3 is 0 Å². The fraction of sp³-hybridized carbons (Fsp3) is 0. The standard InChI is InChI=1S/C66H38N4S2/c1-3-17-39(18-4-1)67(55-33-13-25-45-41-21-7-9-35-59(41)71-65(45)55)51-29-15-31-53-61(51)47-27-11-23-43-49-38-58-50(37-57(49)69(53)63(43)47)44-24-12-28-48-62-52(30-16-32-54(62)70(58)64(44)48)68(40-19-5-2-6-20-40)56-34-14-26-46-42-22-8-10-36-60(42)72-66(46)56/h1-38H/i1D,2D,3D,4D,5D,6D,17D,18D,19D,20D. The van der Waals surface area contributed by atoms with Crippen LogP contribution in [0.2, 0.25) is 0 Å². The van der Waals surface area contributed by atoms with Crippen LogP contribution in [-0.4, -0.2) is 8.80 Å². The number of hydrogen-bond acceptors (Lipinski definition) is 4. The average molecular weight is 961 g/mol. The molecule has 334 valence electrons. The van der Waals surface area contributed by atoms with Gasteiger partial charge in [-0.25, -0.2) is 0 Å². The Morgan fingerprint density at radius 1 is 0.319 bits per heavy atom. The minimum absolute atomic E-state index is 0.0646. The fourth-order valence-corrected chi connectivity index (χ4v) is 14.6. The Hall–Kier alpha value is -8.94. The molecule has 6 heterocycles. The highest BCUT2D eigenvalue weighted by Crippen LogP contribution is 2.53. The molecule has 17 aromatic rings. The van der Waals surface area contributed by atoms with E-state index in [2.05, 4.69) is 106 Å². The van der Waals surface area contributed by atoms with Crippen LogP contribution in [0.25, 0.3) is 117 Å². The summed E-state index contributed by atoms with van der Waals surface area (Å²) < 4.78 is 99.3. The first-order valence-electron chi connectivity index (χ1n) is 28.8. The average Bonchev–Trinajstić information content (AvgIpc) is 2.28. The van der Waals surface area contributed by atoms with E-state index in [1.165, 1.54) is 0 Å². The number of fused-ring (bicyclic) bond motifs is 18.